The van der Waals surface area contributed by atoms with Crippen molar-refractivity contribution in [3.05, 3.63) is 52.7 Å². The first kappa shape index (κ1) is 13.1. The Hall–Kier alpha value is -2.36. The molecule has 0 bridgehead atoms. The third-order valence-electron chi connectivity index (χ3n) is 2.78. The van der Waals surface area contributed by atoms with Gasteiger partial charge in [0.1, 0.15) is 11.3 Å². The third kappa shape index (κ3) is 2.91. The van der Waals surface area contributed by atoms with Crippen molar-refractivity contribution in [3.8, 4) is 11.6 Å². The van der Waals surface area contributed by atoms with E-state index in [9.17, 15) is 4.79 Å². The Morgan fingerprint density at radius 2 is 1.89 bits per heavy atom. The molecule has 0 aliphatic carbocycles. The molecule has 4 nitrogen and oxygen atoms in total. The molecule has 4 heteroatoms. The molecule has 0 aliphatic heterocycles. The number of aromatic nitrogens is 1. The molecular weight excluding hydrogens is 242 g/mol. The van der Waals surface area contributed by atoms with E-state index < -0.39 is 5.97 Å². The molecule has 0 aliphatic rings. The third-order valence-corrected chi connectivity index (χ3v) is 2.78. The Morgan fingerprint density at radius 1 is 1.16 bits per heavy atom. The van der Waals surface area contributed by atoms with Crippen molar-refractivity contribution in [1.82, 2.24) is 4.98 Å². The quantitative estimate of drug-likeness (QED) is 0.914. The fourth-order valence-corrected chi connectivity index (χ4v) is 1.69. The largest absolute Gasteiger partial charge is 0.477 e. The molecule has 2 rings (SSSR count). The minimum atomic E-state index is -1.05. The number of carboxylic acids is 1. The van der Waals surface area contributed by atoms with Gasteiger partial charge in [-0.1, -0.05) is 12.1 Å². The number of carbonyl (C=O) groups is 1. The SMILES string of the molecule is Cc1ccc(C)c(Oc2nc(C)ccc2C(=O)O)c1. The number of pyridine rings is 1. The van der Waals surface area contributed by atoms with Gasteiger partial charge in [-0.15, -0.1) is 0 Å². The average Bonchev–Trinajstić information content (AvgIpc) is 2.33. The van der Waals surface area contributed by atoms with Crippen LogP contribution in [0.2, 0.25) is 0 Å². The Labute approximate surface area is 111 Å². The van der Waals surface area contributed by atoms with Crippen LogP contribution in [-0.2, 0) is 0 Å². The molecule has 0 atom stereocenters. The van der Waals surface area contributed by atoms with Crippen LogP contribution >= 0.6 is 0 Å². The van der Waals surface area contributed by atoms with Crippen LogP contribution in [0.15, 0.2) is 30.3 Å². The Balaban J connectivity index is 2.45. The van der Waals surface area contributed by atoms with E-state index >= 15 is 0 Å². The molecule has 0 spiro atoms. The number of nitrogens with zero attached hydrogens (tertiary/aromatic N) is 1. The van der Waals surface area contributed by atoms with Crippen LogP contribution in [0.4, 0.5) is 0 Å². The normalized spacial score (nSPS) is 10.3. The highest BCUT2D eigenvalue weighted by Crippen LogP contribution is 2.27. The fourth-order valence-electron chi connectivity index (χ4n) is 1.69. The molecule has 19 heavy (non-hydrogen) atoms. The highest BCUT2D eigenvalue weighted by atomic mass is 16.5. The second-order valence-corrected chi connectivity index (χ2v) is 4.48. The maximum absolute atomic E-state index is 11.2. The van der Waals surface area contributed by atoms with Crippen molar-refractivity contribution in [2.24, 2.45) is 0 Å². The van der Waals surface area contributed by atoms with Gasteiger partial charge in [0, 0.05) is 5.69 Å². The number of ether oxygens (including phenoxy) is 1. The average molecular weight is 257 g/mol. The van der Waals surface area contributed by atoms with Crippen molar-refractivity contribution in [1.29, 1.82) is 0 Å². The van der Waals surface area contributed by atoms with E-state index in [1.807, 2.05) is 32.0 Å². The molecule has 0 radical (unpaired) electrons. The summed E-state index contributed by atoms with van der Waals surface area (Å²) in [7, 11) is 0. The van der Waals surface area contributed by atoms with E-state index in [4.69, 9.17) is 9.84 Å². The molecular formula is C15H15NO3. The molecule has 1 heterocycles. The van der Waals surface area contributed by atoms with Gasteiger partial charge in [0.05, 0.1) is 0 Å². The molecule has 1 aromatic carbocycles. The highest BCUT2D eigenvalue weighted by molar-refractivity contribution is 5.90. The first-order valence-corrected chi connectivity index (χ1v) is 5.93. The van der Waals surface area contributed by atoms with Crippen LogP contribution in [0.25, 0.3) is 0 Å². The van der Waals surface area contributed by atoms with Gasteiger partial charge in [-0.2, -0.15) is 0 Å². The number of hydrogen-bond donors (Lipinski definition) is 1. The van der Waals surface area contributed by atoms with Gasteiger partial charge < -0.3 is 9.84 Å². The number of aryl methyl sites for hydroxylation is 3. The smallest absolute Gasteiger partial charge is 0.341 e. The summed E-state index contributed by atoms with van der Waals surface area (Å²) in [5.41, 5.74) is 2.76. The van der Waals surface area contributed by atoms with Crippen molar-refractivity contribution in [3.63, 3.8) is 0 Å². The number of rotatable bonds is 3. The first-order chi connectivity index (χ1) is 8.97. The summed E-state index contributed by atoms with van der Waals surface area (Å²) in [5.74, 6) is -0.297. The number of aromatic carboxylic acids is 1. The number of carboxylic acid groups (broad SMARTS) is 1. The summed E-state index contributed by atoms with van der Waals surface area (Å²) in [6.07, 6.45) is 0. The molecule has 0 fully saturated rings. The standard InChI is InChI=1S/C15H15NO3/c1-9-4-5-10(2)13(8-9)19-14-12(15(17)18)7-6-11(3)16-14/h4-8H,1-3H3,(H,17,18). The number of benzene rings is 1. The Morgan fingerprint density at radius 3 is 2.58 bits per heavy atom. The molecule has 2 aromatic rings. The van der Waals surface area contributed by atoms with Crippen molar-refractivity contribution < 1.29 is 14.6 Å². The highest BCUT2D eigenvalue weighted by Gasteiger charge is 2.14. The van der Waals surface area contributed by atoms with Crippen LogP contribution in [0, 0.1) is 20.8 Å². The predicted octanol–water partition coefficient (Wildman–Crippen LogP) is 3.50. The number of hydrogen-bond acceptors (Lipinski definition) is 3. The summed E-state index contributed by atoms with van der Waals surface area (Å²) in [4.78, 5) is 15.3. The Kier molecular flexibility index (Phi) is 3.51. The maximum atomic E-state index is 11.2. The van der Waals surface area contributed by atoms with Crippen LogP contribution in [-0.4, -0.2) is 16.1 Å². The van der Waals surface area contributed by atoms with Crippen molar-refractivity contribution >= 4 is 5.97 Å². The van der Waals surface area contributed by atoms with Gasteiger partial charge in [0.15, 0.2) is 0 Å². The van der Waals surface area contributed by atoms with E-state index in [0.717, 1.165) is 11.1 Å². The topological polar surface area (TPSA) is 59.4 Å². The fraction of sp³-hybridized carbons (Fsp3) is 0.200. The lowest BCUT2D eigenvalue weighted by atomic mass is 10.1. The van der Waals surface area contributed by atoms with E-state index in [1.165, 1.54) is 6.07 Å². The van der Waals surface area contributed by atoms with Gasteiger partial charge in [-0.3, -0.25) is 0 Å². The van der Waals surface area contributed by atoms with Crippen LogP contribution < -0.4 is 4.74 Å². The van der Waals surface area contributed by atoms with Gasteiger partial charge in [0.25, 0.3) is 0 Å². The second kappa shape index (κ2) is 5.10. The minimum absolute atomic E-state index is 0.0616. The lowest BCUT2D eigenvalue weighted by Gasteiger charge is -2.11. The molecule has 0 unspecified atom stereocenters. The molecule has 0 saturated carbocycles. The minimum Gasteiger partial charge on any atom is -0.477 e. The maximum Gasteiger partial charge on any atom is 0.341 e. The van der Waals surface area contributed by atoms with Gasteiger partial charge >= 0.3 is 5.97 Å². The lowest BCUT2D eigenvalue weighted by Crippen LogP contribution is -2.03. The molecule has 1 aromatic heterocycles. The molecule has 0 amide bonds. The van der Waals surface area contributed by atoms with Crippen molar-refractivity contribution in [2.75, 3.05) is 0 Å². The van der Waals surface area contributed by atoms with E-state index in [0.29, 0.717) is 11.4 Å². The summed E-state index contributed by atoms with van der Waals surface area (Å²) in [6, 6.07) is 8.93. The monoisotopic (exact) mass is 257 g/mol. The van der Waals surface area contributed by atoms with Gasteiger partial charge in [0.2, 0.25) is 5.88 Å². The van der Waals surface area contributed by atoms with Crippen molar-refractivity contribution in [2.45, 2.75) is 20.8 Å². The zero-order chi connectivity index (χ0) is 14.0. The molecule has 0 saturated heterocycles. The predicted molar refractivity (Wildman–Crippen MR) is 71.9 cm³/mol. The van der Waals surface area contributed by atoms with E-state index in [-0.39, 0.29) is 11.4 Å². The van der Waals surface area contributed by atoms with Gasteiger partial charge in [-0.05, 0) is 50.1 Å². The molecule has 1 N–H and O–H groups in total. The summed E-state index contributed by atoms with van der Waals surface area (Å²) < 4.78 is 5.67. The lowest BCUT2D eigenvalue weighted by molar-refractivity contribution is 0.0693. The van der Waals surface area contributed by atoms with E-state index in [2.05, 4.69) is 4.98 Å². The van der Waals surface area contributed by atoms with Gasteiger partial charge in [-0.25, -0.2) is 9.78 Å². The van der Waals surface area contributed by atoms with E-state index in [1.54, 1.807) is 13.0 Å². The van der Waals surface area contributed by atoms with Crippen LogP contribution in [0.5, 0.6) is 11.6 Å². The first-order valence-electron chi connectivity index (χ1n) is 5.93. The zero-order valence-electron chi connectivity index (χ0n) is 11.1. The summed E-state index contributed by atoms with van der Waals surface area (Å²) in [6.45, 7) is 5.65. The summed E-state index contributed by atoms with van der Waals surface area (Å²) >= 11 is 0. The zero-order valence-corrected chi connectivity index (χ0v) is 11.1. The molecule has 98 valence electrons. The Bertz CT molecular complexity index is 635. The summed E-state index contributed by atoms with van der Waals surface area (Å²) in [5, 5.41) is 9.14. The second-order valence-electron chi connectivity index (χ2n) is 4.48. The van der Waals surface area contributed by atoms with Crippen LogP contribution in [0.1, 0.15) is 27.2 Å². The van der Waals surface area contributed by atoms with Crippen LogP contribution in [0.3, 0.4) is 0 Å².